The largest absolute Gasteiger partial charge is 0.507 e. The Morgan fingerprint density at radius 3 is 2.69 bits per heavy atom. The minimum Gasteiger partial charge on any atom is -0.507 e. The first-order valence-corrected chi connectivity index (χ1v) is 13.6. The number of benzene rings is 1. The number of ketones is 1. The maximum Gasteiger partial charge on any atom is 0.168 e. The van der Waals surface area contributed by atoms with E-state index in [-0.39, 0.29) is 11.5 Å². The Labute approximate surface area is 211 Å². The van der Waals surface area contributed by atoms with Crippen LogP contribution in [0.1, 0.15) is 83.8 Å². The standard InChI is InChI=1S/C29H44N2O4/c1-6-7-8-9-19(2)20(3)21-16-23(32)27-25(17-21)35-29(4,5)22-10-11-30-28(26(22)27)24(33)18-31-12-14-34-15-13-31/h16-17,19-20,28,30,32H,6-15,18H2,1-5H3. The lowest BCUT2D eigenvalue weighted by Gasteiger charge is -2.43. The van der Waals surface area contributed by atoms with Crippen LogP contribution in [0, 0.1) is 5.92 Å². The zero-order chi connectivity index (χ0) is 25.2. The lowest BCUT2D eigenvalue weighted by Crippen LogP contribution is -2.51. The topological polar surface area (TPSA) is 71.0 Å². The number of hydrogen-bond donors (Lipinski definition) is 2. The van der Waals surface area contributed by atoms with Crippen molar-refractivity contribution in [3.8, 4) is 11.5 Å². The molecule has 3 unspecified atom stereocenters. The van der Waals surface area contributed by atoms with Gasteiger partial charge in [0.2, 0.25) is 0 Å². The summed E-state index contributed by atoms with van der Waals surface area (Å²) in [7, 11) is 0. The molecule has 1 aromatic rings. The van der Waals surface area contributed by atoms with Crippen LogP contribution in [0.4, 0.5) is 0 Å². The van der Waals surface area contributed by atoms with Gasteiger partial charge in [0.1, 0.15) is 17.1 Å². The number of Topliss-reactive ketones (excluding diaryl/α,β-unsaturated/α-hetero) is 1. The van der Waals surface area contributed by atoms with Gasteiger partial charge in [-0.3, -0.25) is 9.69 Å². The van der Waals surface area contributed by atoms with Gasteiger partial charge >= 0.3 is 0 Å². The fourth-order valence-corrected chi connectivity index (χ4v) is 5.89. The average molecular weight is 485 g/mol. The molecular weight excluding hydrogens is 440 g/mol. The molecule has 3 aliphatic rings. The highest BCUT2D eigenvalue weighted by Crippen LogP contribution is 2.50. The van der Waals surface area contributed by atoms with E-state index in [0.29, 0.717) is 42.9 Å². The van der Waals surface area contributed by atoms with Crippen LogP contribution >= 0.6 is 0 Å². The zero-order valence-electron chi connectivity index (χ0n) is 22.3. The Morgan fingerprint density at radius 1 is 1.23 bits per heavy atom. The second-order valence-electron chi connectivity index (χ2n) is 11.2. The molecule has 0 aliphatic carbocycles. The minimum absolute atomic E-state index is 0.143. The van der Waals surface area contributed by atoms with E-state index < -0.39 is 11.6 Å². The SMILES string of the molecule is CCCCCC(C)C(C)c1cc(O)c2c(c1)OC(C)(C)C1=C2C(C(=O)CN2CCOCC2)NCC1. The molecular formula is C29H44N2O4. The van der Waals surface area contributed by atoms with Crippen molar-refractivity contribution >= 4 is 11.4 Å². The number of carbonyl (C=O) groups excluding carboxylic acids is 1. The van der Waals surface area contributed by atoms with Gasteiger partial charge in [0.25, 0.3) is 0 Å². The molecule has 194 valence electrons. The highest BCUT2D eigenvalue weighted by Gasteiger charge is 2.43. The van der Waals surface area contributed by atoms with E-state index in [1.165, 1.54) is 25.7 Å². The van der Waals surface area contributed by atoms with Gasteiger partial charge in [0.15, 0.2) is 5.78 Å². The summed E-state index contributed by atoms with van der Waals surface area (Å²) >= 11 is 0. The van der Waals surface area contributed by atoms with Crippen molar-refractivity contribution in [2.75, 3.05) is 39.4 Å². The number of hydrogen-bond acceptors (Lipinski definition) is 6. The van der Waals surface area contributed by atoms with E-state index in [0.717, 1.165) is 42.8 Å². The van der Waals surface area contributed by atoms with Gasteiger partial charge in [0, 0.05) is 13.1 Å². The predicted octanol–water partition coefficient (Wildman–Crippen LogP) is 4.90. The smallest absolute Gasteiger partial charge is 0.168 e. The van der Waals surface area contributed by atoms with Gasteiger partial charge in [-0.25, -0.2) is 0 Å². The van der Waals surface area contributed by atoms with Crippen molar-refractivity contribution in [2.45, 2.75) is 84.3 Å². The lowest BCUT2D eigenvalue weighted by molar-refractivity contribution is -0.122. The van der Waals surface area contributed by atoms with Crippen molar-refractivity contribution < 1.29 is 19.4 Å². The summed E-state index contributed by atoms with van der Waals surface area (Å²) in [6.07, 6.45) is 5.69. The monoisotopic (exact) mass is 484 g/mol. The number of fused-ring (bicyclic) bond motifs is 2. The van der Waals surface area contributed by atoms with Crippen LogP contribution < -0.4 is 10.1 Å². The second-order valence-corrected chi connectivity index (χ2v) is 11.2. The molecule has 35 heavy (non-hydrogen) atoms. The molecule has 0 spiro atoms. The number of nitrogens with zero attached hydrogens (tertiary/aromatic N) is 1. The number of phenols is 1. The van der Waals surface area contributed by atoms with Gasteiger partial charge in [-0.2, -0.15) is 0 Å². The number of morpholine rings is 1. The summed E-state index contributed by atoms with van der Waals surface area (Å²) in [6.45, 7) is 14.9. The van der Waals surface area contributed by atoms with Crippen LogP contribution in [-0.4, -0.2) is 66.8 Å². The Morgan fingerprint density at radius 2 is 1.97 bits per heavy atom. The fraction of sp³-hybridized carbons (Fsp3) is 0.690. The van der Waals surface area contributed by atoms with Gasteiger partial charge in [-0.1, -0.05) is 46.5 Å². The van der Waals surface area contributed by atoms with Crippen LogP contribution in [0.3, 0.4) is 0 Å². The van der Waals surface area contributed by atoms with Crippen LogP contribution in [0.15, 0.2) is 17.7 Å². The molecule has 0 saturated carbocycles. The molecule has 1 saturated heterocycles. The highest BCUT2D eigenvalue weighted by molar-refractivity contribution is 6.02. The Bertz CT molecular complexity index is 948. The molecule has 3 atom stereocenters. The first-order chi connectivity index (χ1) is 16.7. The molecule has 6 nitrogen and oxygen atoms in total. The maximum absolute atomic E-state index is 13.5. The summed E-state index contributed by atoms with van der Waals surface area (Å²) in [4.78, 5) is 15.7. The van der Waals surface area contributed by atoms with Crippen LogP contribution in [-0.2, 0) is 9.53 Å². The number of unbranched alkanes of at least 4 members (excludes halogenated alkanes) is 2. The summed E-state index contributed by atoms with van der Waals surface area (Å²) in [5.41, 5.74) is 3.32. The van der Waals surface area contributed by atoms with E-state index in [4.69, 9.17) is 9.47 Å². The number of phenolic OH excluding ortho intramolecular Hbond substituents is 1. The molecule has 3 heterocycles. The quantitative estimate of drug-likeness (QED) is 0.486. The Balaban J connectivity index is 1.65. The van der Waals surface area contributed by atoms with Crippen LogP contribution in [0.25, 0.3) is 5.57 Å². The Hall–Kier alpha value is -1.89. The van der Waals surface area contributed by atoms with Gasteiger partial charge in [-0.05, 0) is 67.5 Å². The zero-order valence-corrected chi connectivity index (χ0v) is 22.3. The number of rotatable bonds is 9. The number of ether oxygens (including phenoxy) is 2. The fourth-order valence-electron chi connectivity index (χ4n) is 5.89. The molecule has 0 radical (unpaired) electrons. The van der Waals surface area contributed by atoms with Crippen molar-refractivity contribution in [3.63, 3.8) is 0 Å². The number of nitrogens with one attached hydrogen (secondary N) is 1. The van der Waals surface area contributed by atoms with Crippen molar-refractivity contribution in [1.29, 1.82) is 0 Å². The third-order valence-corrected chi connectivity index (χ3v) is 8.25. The molecule has 1 aromatic carbocycles. The molecule has 3 aliphatic heterocycles. The van der Waals surface area contributed by atoms with Crippen molar-refractivity contribution in [1.82, 2.24) is 10.2 Å². The molecule has 0 aromatic heterocycles. The van der Waals surface area contributed by atoms with Gasteiger partial charge in [0.05, 0.1) is 31.4 Å². The van der Waals surface area contributed by atoms with E-state index in [2.05, 4.69) is 50.9 Å². The Kier molecular flexibility index (Phi) is 8.24. The molecule has 0 bridgehead atoms. The minimum atomic E-state index is -0.525. The first kappa shape index (κ1) is 26.2. The predicted molar refractivity (Wildman–Crippen MR) is 140 cm³/mol. The normalized spacial score (nSPS) is 23.7. The van der Waals surface area contributed by atoms with E-state index in [1.54, 1.807) is 0 Å². The molecule has 4 rings (SSSR count). The van der Waals surface area contributed by atoms with Gasteiger partial charge < -0.3 is 19.9 Å². The molecule has 0 amide bonds. The third-order valence-electron chi connectivity index (χ3n) is 8.25. The van der Waals surface area contributed by atoms with Crippen LogP contribution in [0.5, 0.6) is 11.5 Å². The number of carbonyl (C=O) groups is 1. The summed E-state index contributed by atoms with van der Waals surface area (Å²) in [5.74, 6) is 1.90. The number of aromatic hydroxyl groups is 1. The van der Waals surface area contributed by atoms with Crippen molar-refractivity contribution in [3.05, 3.63) is 28.8 Å². The van der Waals surface area contributed by atoms with Crippen LogP contribution in [0.2, 0.25) is 0 Å². The third kappa shape index (κ3) is 5.60. The summed E-state index contributed by atoms with van der Waals surface area (Å²) in [6, 6.07) is 3.58. The van der Waals surface area contributed by atoms with E-state index >= 15 is 0 Å². The maximum atomic E-state index is 13.5. The lowest BCUT2D eigenvalue weighted by atomic mass is 9.76. The van der Waals surface area contributed by atoms with Crippen molar-refractivity contribution in [2.24, 2.45) is 5.92 Å². The second kappa shape index (κ2) is 11.0. The average Bonchev–Trinajstić information content (AvgIpc) is 2.83. The first-order valence-electron chi connectivity index (χ1n) is 13.6. The molecule has 2 N–H and O–H groups in total. The van der Waals surface area contributed by atoms with E-state index in [1.807, 2.05) is 6.07 Å². The molecule has 6 heteroatoms. The molecule has 1 fully saturated rings. The highest BCUT2D eigenvalue weighted by atomic mass is 16.5. The summed E-state index contributed by atoms with van der Waals surface area (Å²) in [5, 5.41) is 14.8. The summed E-state index contributed by atoms with van der Waals surface area (Å²) < 4.78 is 12.0. The van der Waals surface area contributed by atoms with Gasteiger partial charge in [-0.15, -0.1) is 0 Å². The van der Waals surface area contributed by atoms with E-state index in [9.17, 15) is 9.90 Å².